The highest BCUT2D eigenvalue weighted by molar-refractivity contribution is 5.74. The number of likely N-dealkylation sites (tertiary alicyclic amines) is 1. The van der Waals surface area contributed by atoms with E-state index < -0.39 is 0 Å². The lowest BCUT2D eigenvalue weighted by atomic mass is 9.55. The maximum atomic E-state index is 12.7. The molecule has 0 bridgehead atoms. The number of aromatic nitrogens is 3. The highest BCUT2D eigenvalue weighted by atomic mass is 16.2. The van der Waals surface area contributed by atoms with Gasteiger partial charge in [-0.2, -0.15) is 0 Å². The first-order valence-corrected chi connectivity index (χ1v) is 10.9. The molecule has 7 heteroatoms. The van der Waals surface area contributed by atoms with E-state index in [-0.39, 0.29) is 6.03 Å². The maximum absolute atomic E-state index is 12.7. The summed E-state index contributed by atoms with van der Waals surface area (Å²) < 4.78 is 2.29. The second-order valence-corrected chi connectivity index (χ2v) is 9.07. The fraction of sp³-hybridized carbons (Fsp3) is 0.850. The second kappa shape index (κ2) is 7.08. The zero-order valence-corrected chi connectivity index (χ0v) is 16.3. The van der Waals surface area contributed by atoms with Crippen molar-refractivity contribution in [1.29, 1.82) is 0 Å². The van der Waals surface area contributed by atoms with Crippen LogP contribution in [0.5, 0.6) is 0 Å². The molecule has 3 fully saturated rings. The van der Waals surface area contributed by atoms with Crippen LogP contribution in [0.25, 0.3) is 0 Å². The lowest BCUT2D eigenvalue weighted by Crippen LogP contribution is -2.52. The van der Waals surface area contributed by atoms with Gasteiger partial charge < -0.3 is 20.1 Å². The summed E-state index contributed by atoms with van der Waals surface area (Å²) >= 11 is 0. The molecule has 1 saturated heterocycles. The molecule has 148 valence electrons. The first kappa shape index (κ1) is 17.5. The van der Waals surface area contributed by atoms with Crippen LogP contribution >= 0.6 is 0 Å². The Kier molecular flexibility index (Phi) is 4.58. The highest BCUT2D eigenvalue weighted by Crippen LogP contribution is 2.53. The van der Waals surface area contributed by atoms with Crippen molar-refractivity contribution in [3.63, 3.8) is 0 Å². The third-order valence-electron chi connectivity index (χ3n) is 7.71. The van der Waals surface area contributed by atoms with Crippen molar-refractivity contribution in [1.82, 2.24) is 30.3 Å². The molecule has 2 amide bonds. The zero-order chi connectivity index (χ0) is 18.3. The van der Waals surface area contributed by atoms with Gasteiger partial charge in [0.1, 0.15) is 11.6 Å². The van der Waals surface area contributed by atoms with Crippen LogP contribution in [0.2, 0.25) is 0 Å². The first-order chi connectivity index (χ1) is 13.3. The Morgan fingerprint density at radius 2 is 1.93 bits per heavy atom. The van der Waals surface area contributed by atoms with Gasteiger partial charge in [-0.25, -0.2) is 4.79 Å². The number of piperidine rings is 1. The highest BCUT2D eigenvalue weighted by Gasteiger charge is 2.46. The van der Waals surface area contributed by atoms with E-state index in [0.717, 1.165) is 69.7 Å². The molecule has 2 N–H and O–H groups in total. The predicted molar refractivity (Wildman–Crippen MR) is 102 cm³/mol. The summed E-state index contributed by atoms with van der Waals surface area (Å²) in [6.45, 7) is 5.31. The molecule has 7 nitrogen and oxygen atoms in total. The summed E-state index contributed by atoms with van der Waals surface area (Å²) in [6.07, 6.45) is 10.1. The van der Waals surface area contributed by atoms with Crippen molar-refractivity contribution in [3.8, 4) is 0 Å². The minimum atomic E-state index is 0.145. The van der Waals surface area contributed by atoms with E-state index in [9.17, 15) is 4.79 Å². The van der Waals surface area contributed by atoms with Gasteiger partial charge >= 0.3 is 6.03 Å². The molecule has 2 aliphatic carbocycles. The van der Waals surface area contributed by atoms with Gasteiger partial charge in [0.2, 0.25) is 0 Å². The number of carbonyl (C=O) groups excluding carboxylic acids is 1. The van der Waals surface area contributed by atoms with Crippen LogP contribution in [-0.2, 0) is 13.1 Å². The molecule has 0 atom stereocenters. The van der Waals surface area contributed by atoms with Crippen LogP contribution in [0.1, 0.15) is 68.9 Å². The smallest absolute Gasteiger partial charge is 0.317 e. The summed E-state index contributed by atoms with van der Waals surface area (Å²) in [7, 11) is 0. The Morgan fingerprint density at radius 3 is 2.59 bits per heavy atom. The quantitative estimate of drug-likeness (QED) is 0.850. The normalized spacial score (nSPS) is 25.4. The van der Waals surface area contributed by atoms with Gasteiger partial charge in [-0.1, -0.05) is 12.8 Å². The number of urea groups is 1. The summed E-state index contributed by atoms with van der Waals surface area (Å²) in [6, 6.07) is 0.145. The molecular weight excluding hydrogens is 340 g/mol. The van der Waals surface area contributed by atoms with Crippen LogP contribution in [0.4, 0.5) is 4.79 Å². The van der Waals surface area contributed by atoms with Crippen molar-refractivity contribution in [2.75, 3.05) is 26.2 Å². The third-order valence-corrected chi connectivity index (χ3v) is 7.71. The molecule has 0 radical (unpaired) electrons. The molecule has 0 aromatic carbocycles. The van der Waals surface area contributed by atoms with Crippen LogP contribution in [0, 0.1) is 11.3 Å². The molecule has 2 aliphatic heterocycles. The molecular formula is C20H32N6O. The minimum absolute atomic E-state index is 0.145. The summed E-state index contributed by atoms with van der Waals surface area (Å²) in [4.78, 5) is 14.7. The number of hydrogen-bond donors (Lipinski definition) is 2. The van der Waals surface area contributed by atoms with Crippen molar-refractivity contribution in [3.05, 3.63) is 11.6 Å². The van der Waals surface area contributed by atoms with E-state index in [2.05, 4.69) is 25.4 Å². The summed E-state index contributed by atoms with van der Waals surface area (Å²) in [5.41, 5.74) is 0.431. The fourth-order valence-corrected chi connectivity index (χ4v) is 5.50. The predicted octanol–water partition coefficient (Wildman–Crippen LogP) is 2.24. The van der Waals surface area contributed by atoms with Crippen molar-refractivity contribution < 1.29 is 4.79 Å². The lowest BCUT2D eigenvalue weighted by Gasteiger charge is -2.52. The lowest BCUT2D eigenvalue weighted by molar-refractivity contribution is 0.00419. The molecule has 27 heavy (non-hydrogen) atoms. The van der Waals surface area contributed by atoms with Gasteiger partial charge in [-0.3, -0.25) is 0 Å². The van der Waals surface area contributed by atoms with Crippen molar-refractivity contribution in [2.24, 2.45) is 11.3 Å². The molecule has 2 saturated carbocycles. The topological polar surface area (TPSA) is 75.1 Å². The molecule has 0 unspecified atom stereocenters. The van der Waals surface area contributed by atoms with E-state index in [1.807, 2.05) is 4.90 Å². The van der Waals surface area contributed by atoms with Crippen LogP contribution in [0.15, 0.2) is 0 Å². The molecule has 5 rings (SSSR count). The van der Waals surface area contributed by atoms with Gasteiger partial charge in [0.15, 0.2) is 0 Å². The first-order valence-electron chi connectivity index (χ1n) is 10.9. The number of rotatable bonds is 4. The van der Waals surface area contributed by atoms with E-state index in [1.54, 1.807) is 0 Å². The fourth-order valence-electron chi connectivity index (χ4n) is 5.50. The minimum Gasteiger partial charge on any atom is -0.337 e. The van der Waals surface area contributed by atoms with Crippen molar-refractivity contribution in [2.45, 2.75) is 70.4 Å². The third kappa shape index (κ3) is 3.13. The van der Waals surface area contributed by atoms with Gasteiger partial charge in [-0.15, -0.1) is 10.2 Å². The number of hydrogen-bond acceptors (Lipinski definition) is 4. The van der Waals surface area contributed by atoms with Crippen LogP contribution in [-0.4, -0.2) is 51.9 Å². The molecule has 4 aliphatic rings. The Hall–Kier alpha value is -1.63. The second-order valence-electron chi connectivity index (χ2n) is 9.07. The van der Waals surface area contributed by atoms with E-state index >= 15 is 0 Å². The maximum Gasteiger partial charge on any atom is 0.317 e. The average molecular weight is 373 g/mol. The van der Waals surface area contributed by atoms with Gasteiger partial charge in [0.05, 0.1) is 6.54 Å². The van der Waals surface area contributed by atoms with Gasteiger partial charge in [-0.05, 0) is 49.9 Å². The summed E-state index contributed by atoms with van der Waals surface area (Å²) in [5, 5.41) is 15.4. The average Bonchev–Trinajstić information content (AvgIpc) is 3.06. The number of nitrogens with zero attached hydrogens (tertiary/aromatic N) is 4. The zero-order valence-electron chi connectivity index (χ0n) is 16.3. The number of fused-ring (bicyclic) bond motifs is 1. The van der Waals surface area contributed by atoms with E-state index in [1.165, 1.54) is 38.5 Å². The molecule has 3 heterocycles. The Labute approximate surface area is 161 Å². The Morgan fingerprint density at radius 1 is 1.11 bits per heavy atom. The van der Waals surface area contributed by atoms with E-state index in [0.29, 0.717) is 11.3 Å². The van der Waals surface area contributed by atoms with Gasteiger partial charge in [0.25, 0.3) is 0 Å². The monoisotopic (exact) mass is 372 g/mol. The van der Waals surface area contributed by atoms with E-state index in [4.69, 9.17) is 0 Å². The molecule has 0 spiro atoms. The number of amides is 2. The van der Waals surface area contributed by atoms with Crippen LogP contribution < -0.4 is 10.6 Å². The SMILES string of the molecule is O=C(NCC1(C2CCC2)CCC1)N1CCC(c2nnc3n2CCNC3)CC1. The number of nitrogens with one attached hydrogen (secondary N) is 2. The molecule has 1 aromatic heterocycles. The Balaban J connectivity index is 1.14. The largest absolute Gasteiger partial charge is 0.337 e. The molecule has 1 aromatic rings. The number of carbonyl (C=O) groups is 1. The van der Waals surface area contributed by atoms with Crippen molar-refractivity contribution >= 4 is 6.03 Å². The van der Waals surface area contributed by atoms with Crippen LogP contribution in [0.3, 0.4) is 0 Å². The Bertz CT molecular complexity index is 685. The standard InChI is InChI=1S/C20H32N6O/c27-19(22-14-20(7-2-8-20)16-3-1-4-16)25-10-5-15(6-11-25)18-24-23-17-13-21-9-12-26(17)18/h15-16,21H,1-14H2,(H,22,27). The summed E-state index contributed by atoms with van der Waals surface area (Å²) in [5.74, 6) is 3.48. The van der Waals surface area contributed by atoms with Gasteiger partial charge in [0, 0.05) is 38.6 Å².